The van der Waals surface area contributed by atoms with Crippen molar-refractivity contribution in [2.75, 3.05) is 18.0 Å². The smallest absolute Gasteiger partial charge is 0.230 e. The Kier molecular flexibility index (Phi) is 6.17. The van der Waals surface area contributed by atoms with Crippen molar-refractivity contribution >= 4 is 11.6 Å². The molecule has 1 N–H and O–H groups in total. The van der Waals surface area contributed by atoms with Crippen LogP contribution in [-0.2, 0) is 11.2 Å². The van der Waals surface area contributed by atoms with E-state index in [1.165, 1.54) is 12.1 Å². The summed E-state index contributed by atoms with van der Waals surface area (Å²) in [5.41, 5.74) is 3.69. The summed E-state index contributed by atoms with van der Waals surface area (Å²) in [6.07, 6.45) is 9.30. The normalized spacial score (nSPS) is 19.8. The van der Waals surface area contributed by atoms with Gasteiger partial charge in [0.15, 0.2) is 11.6 Å². The number of ether oxygens (including phenoxy) is 1. The molecule has 1 saturated heterocycles. The maximum Gasteiger partial charge on any atom is 0.230 e. The highest BCUT2D eigenvalue weighted by Gasteiger charge is 2.39. The van der Waals surface area contributed by atoms with Crippen molar-refractivity contribution in [3.05, 3.63) is 59.7 Å². The van der Waals surface area contributed by atoms with Gasteiger partial charge in [-0.1, -0.05) is 0 Å². The van der Waals surface area contributed by atoms with Gasteiger partial charge in [0.05, 0.1) is 29.6 Å². The first-order valence-corrected chi connectivity index (χ1v) is 13.1. The van der Waals surface area contributed by atoms with Crippen LogP contribution in [0.5, 0.6) is 11.5 Å². The summed E-state index contributed by atoms with van der Waals surface area (Å²) in [4.78, 5) is 15.2. The van der Waals surface area contributed by atoms with Gasteiger partial charge in [0.25, 0.3) is 0 Å². The number of carbonyl (C=O) groups excluding carboxylic acids is 1. The van der Waals surface area contributed by atoms with Gasteiger partial charge in [0.2, 0.25) is 5.91 Å². The summed E-state index contributed by atoms with van der Waals surface area (Å²) in [5.74, 6) is 0.264. The first-order valence-electron chi connectivity index (χ1n) is 13.1. The van der Waals surface area contributed by atoms with E-state index >= 15 is 0 Å². The van der Waals surface area contributed by atoms with E-state index < -0.39 is 5.82 Å². The highest BCUT2D eigenvalue weighted by atomic mass is 19.1. The van der Waals surface area contributed by atoms with Crippen molar-refractivity contribution in [2.24, 2.45) is 5.92 Å². The molecule has 2 aliphatic heterocycles. The second-order valence-electron chi connectivity index (χ2n) is 10.4. The van der Waals surface area contributed by atoms with Crippen molar-refractivity contribution in [1.82, 2.24) is 15.1 Å². The monoisotopic (exact) mass is 499 g/mol. The third kappa shape index (κ3) is 4.49. The molecule has 1 unspecified atom stereocenters. The molecule has 3 aromatic rings. The van der Waals surface area contributed by atoms with Crippen LogP contribution in [0.1, 0.15) is 56.2 Å². The van der Waals surface area contributed by atoms with Gasteiger partial charge >= 0.3 is 0 Å². The van der Waals surface area contributed by atoms with Crippen LogP contribution < -0.4 is 15.0 Å². The van der Waals surface area contributed by atoms with Crippen molar-refractivity contribution in [2.45, 2.75) is 57.5 Å². The zero-order valence-corrected chi connectivity index (χ0v) is 20.9. The molecule has 2 fully saturated rings. The molecule has 1 saturated carbocycles. The predicted octanol–water partition coefficient (Wildman–Crippen LogP) is 5.36. The lowest BCUT2D eigenvalue weighted by Crippen LogP contribution is -2.43. The van der Waals surface area contributed by atoms with Crippen LogP contribution in [0.3, 0.4) is 0 Å². The van der Waals surface area contributed by atoms with Gasteiger partial charge in [-0.3, -0.25) is 9.48 Å². The average molecular weight is 500 g/mol. The number of carbonyl (C=O) groups is 1. The number of hydrogen-bond donors (Lipinski definition) is 1. The van der Waals surface area contributed by atoms with Crippen LogP contribution in [0.25, 0.3) is 11.1 Å². The number of benzene rings is 2. The minimum absolute atomic E-state index is 0.0538. The van der Waals surface area contributed by atoms with E-state index in [1.807, 2.05) is 40.2 Å². The van der Waals surface area contributed by atoms with Crippen molar-refractivity contribution in [3.63, 3.8) is 0 Å². The number of nitriles is 1. The second-order valence-corrected chi connectivity index (χ2v) is 10.4. The van der Waals surface area contributed by atoms with Gasteiger partial charge in [-0.05, 0) is 88.9 Å². The SMILES string of the molecule is CC1CCc2c(ccc(-c3cnn(C4CCNCC4)c3)c2Oc2ccc(C#N)cc2F)N1C(=O)C1CC1. The highest BCUT2D eigenvalue weighted by Crippen LogP contribution is 2.46. The molecule has 1 aliphatic carbocycles. The minimum atomic E-state index is -0.594. The number of hydrogen-bond acceptors (Lipinski definition) is 5. The molecule has 1 amide bonds. The van der Waals surface area contributed by atoms with Gasteiger partial charge in [-0.25, -0.2) is 4.39 Å². The molecule has 7 nitrogen and oxygen atoms in total. The summed E-state index contributed by atoms with van der Waals surface area (Å²) in [6.45, 7) is 4.02. The molecule has 0 bridgehead atoms. The Morgan fingerprint density at radius 1 is 1.16 bits per heavy atom. The Balaban J connectivity index is 1.45. The van der Waals surface area contributed by atoms with Gasteiger partial charge in [0, 0.05) is 34.8 Å². The van der Waals surface area contributed by atoms with Gasteiger partial charge in [0.1, 0.15) is 5.75 Å². The second kappa shape index (κ2) is 9.64. The topological polar surface area (TPSA) is 83.2 Å². The lowest BCUT2D eigenvalue weighted by Gasteiger charge is -2.36. The first kappa shape index (κ1) is 23.7. The van der Waals surface area contributed by atoms with Crippen LogP contribution in [0, 0.1) is 23.1 Å². The zero-order chi connectivity index (χ0) is 25.5. The van der Waals surface area contributed by atoms with E-state index in [-0.39, 0.29) is 29.2 Å². The highest BCUT2D eigenvalue weighted by molar-refractivity contribution is 5.99. The lowest BCUT2D eigenvalue weighted by molar-refractivity contribution is -0.120. The number of fused-ring (bicyclic) bond motifs is 1. The number of nitrogens with one attached hydrogen (secondary N) is 1. The third-order valence-electron chi connectivity index (χ3n) is 7.78. The Morgan fingerprint density at radius 3 is 2.70 bits per heavy atom. The predicted molar refractivity (Wildman–Crippen MR) is 138 cm³/mol. The summed E-state index contributed by atoms with van der Waals surface area (Å²) >= 11 is 0. The van der Waals surface area contributed by atoms with Gasteiger partial charge in [-0.2, -0.15) is 10.4 Å². The molecular formula is C29H30FN5O2. The van der Waals surface area contributed by atoms with Crippen LogP contribution in [0.4, 0.5) is 10.1 Å². The average Bonchev–Trinajstić information content (AvgIpc) is 3.66. The third-order valence-corrected chi connectivity index (χ3v) is 7.78. The van der Waals surface area contributed by atoms with Crippen LogP contribution in [0.2, 0.25) is 0 Å². The fraction of sp³-hybridized carbons (Fsp3) is 0.414. The summed E-state index contributed by atoms with van der Waals surface area (Å²) in [6, 6.07) is 10.6. The molecule has 6 rings (SSSR count). The van der Waals surface area contributed by atoms with Crippen LogP contribution in [-0.4, -0.2) is 34.8 Å². The first-order chi connectivity index (χ1) is 18.0. The van der Waals surface area contributed by atoms with Crippen molar-refractivity contribution < 1.29 is 13.9 Å². The Labute approximate surface area is 215 Å². The van der Waals surface area contributed by atoms with Crippen molar-refractivity contribution in [3.8, 4) is 28.7 Å². The Bertz CT molecular complexity index is 1380. The number of anilines is 1. The van der Waals surface area contributed by atoms with E-state index in [0.29, 0.717) is 18.2 Å². The van der Waals surface area contributed by atoms with Gasteiger partial charge < -0.3 is 15.0 Å². The summed E-state index contributed by atoms with van der Waals surface area (Å²) in [5, 5.41) is 17.2. The number of rotatable bonds is 5. The molecule has 8 heteroatoms. The van der Waals surface area contributed by atoms with Crippen LogP contribution >= 0.6 is 0 Å². The number of amides is 1. The molecule has 190 valence electrons. The number of halogens is 1. The van der Waals surface area contributed by atoms with E-state index in [9.17, 15) is 9.18 Å². The molecular weight excluding hydrogens is 469 g/mol. The molecule has 0 radical (unpaired) electrons. The maximum atomic E-state index is 15.0. The zero-order valence-electron chi connectivity index (χ0n) is 20.9. The summed E-state index contributed by atoms with van der Waals surface area (Å²) in [7, 11) is 0. The quantitative estimate of drug-likeness (QED) is 0.511. The number of nitrogens with zero attached hydrogens (tertiary/aromatic N) is 4. The number of aromatic nitrogens is 2. The number of piperidine rings is 1. The van der Waals surface area contributed by atoms with E-state index in [4.69, 9.17) is 10.00 Å². The van der Waals surface area contributed by atoms with Gasteiger partial charge in [-0.15, -0.1) is 0 Å². The summed E-state index contributed by atoms with van der Waals surface area (Å²) < 4.78 is 23.3. The Hall–Kier alpha value is -3.70. The molecule has 37 heavy (non-hydrogen) atoms. The molecule has 1 atom stereocenters. The van der Waals surface area contributed by atoms with E-state index in [2.05, 4.69) is 17.3 Å². The fourth-order valence-electron chi connectivity index (χ4n) is 5.52. The standard InChI is InChI=1S/C29H30FN5O2/c1-18-2-6-24-26(35(18)29(36)20-4-5-20)8-7-23(21-16-33-34(17-21)22-10-12-32-13-11-22)28(24)37-27-9-3-19(15-31)14-25(27)30/h3,7-9,14,16-18,20,22,32H,2,4-6,10-13H2,1H3. The van der Waals surface area contributed by atoms with E-state index in [1.54, 1.807) is 6.07 Å². The van der Waals surface area contributed by atoms with E-state index in [0.717, 1.165) is 67.6 Å². The minimum Gasteiger partial charge on any atom is -0.453 e. The van der Waals surface area contributed by atoms with Crippen LogP contribution in [0.15, 0.2) is 42.7 Å². The molecule has 3 aliphatic rings. The molecule has 3 heterocycles. The molecule has 1 aromatic heterocycles. The van der Waals surface area contributed by atoms with Crippen molar-refractivity contribution in [1.29, 1.82) is 5.26 Å². The molecule has 2 aromatic carbocycles. The fourth-order valence-corrected chi connectivity index (χ4v) is 5.52. The molecule has 0 spiro atoms. The maximum absolute atomic E-state index is 15.0. The lowest BCUT2D eigenvalue weighted by atomic mass is 9.92. The largest absolute Gasteiger partial charge is 0.453 e. The Morgan fingerprint density at radius 2 is 1.97 bits per heavy atom.